The molecule has 14 heavy (non-hydrogen) atoms. The second kappa shape index (κ2) is 3.96. The van der Waals surface area contributed by atoms with Gasteiger partial charge in [-0.1, -0.05) is 30.3 Å². The Hall–Kier alpha value is -1.10. The molecule has 0 unspecified atom stereocenters. The third kappa shape index (κ3) is 1.87. The van der Waals surface area contributed by atoms with Crippen molar-refractivity contribution in [2.75, 3.05) is 0 Å². The van der Waals surface area contributed by atoms with E-state index in [0.717, 1.165) is 19.6 Å². The van der Waals surface area contributed by atoms with E-state index >= 15 is 0 Å². The number of rotatable bonds is 1. The molecule has 0 bridgehead atoms. The summed E-state index contributed by atoms with van der Waals surface area (Å²) in [6, 6.07) is 13.8. The maximum Gasteiger partial charge on any atom is 0.291 e. The van der Waals surface area contributed by atoms with Crippen molar-refractivity contribution in [1.82, 2.24) is 0 Å². The van der Waals surface area contributed by atoms with E-state index in [-0.39, 0.29) is 0 Å². The zero-order valence-corrected chi connectivity index (χ0v) is 9.55. The van der Waals surface area contributed by atoms with Crippen LogP contribution >= 0.6 is 22.6 Å². The zero-order valence-electron chi connectivity index (χ0n) is 7.39. The van der Waals surface area contributed by atoms with Crippen LogP contribution in [0.15, 0.2) is 48.7 Å². The quantitative estimate of drug-likeness (QED) is 0.372. The van der Waals surface area contributed by atoms with Crippen molar-refractivity contribution in [2.24, 2.45) is 0 Å². The summed E-state index contributed by atoms with van der Waals surface area (Å²) in [5, 5.41) is 9.47. The summed E-state index contributed by atoms with van der Waals surface area (Å²) in [4.78, 5) is 0. The van der Waals surface area contributed by atoms with Gasteiger partial charge in [-0.2, -0.15) is 0 Å². The molecular formula is C11H9INO+. The van der Waals surface area contributed by atoms with Crippen molar-refractivity contribution >= 4 is 22.6 Å². The Morgan fingerprint density at radius 3 is 2.29 bits per heavy atom. The predicted octanol–water partition coefficient (Wildman–Crippen LogP) is 2.48. The molecule has 70 valence electrons. The second-order valence-electron chi connectivity index (χ2n) is 2.95. The molecule has 0 aliphatic rings. The number of aromatic nitrogens is 1. The monoisotopic (exact) mass is 298 g/mol. The van der Waals surface area contributed by atoms with E-state index in [4.69, 9.17) is 0 Å². The third-order valence-electron chi connectivity index (χ3n) is 1.99. The largest absolute Gasteiger partial charge is 0.291 e. The molecule has 0 aliphatic heterocycles. The lowest BCUT2D eigenvalue weighted by molar-refractivity contribution is -0.914. The molecule has 2 aromatic rings. The highest BCUT2D eigenvalue weighted by Gasteiger charge is 2.08. The molecule has 1 N–H and O–H groups in total. The summed E-state index contributed by atoms with van der Waals surface area (Å²) in [6.45, 7) is 0. The highest BCUT2D eigenvalue weighted by Crippen LogP contribution is 2.16. The average Bonchev–Trinajstić information content (AvgIpc) is 2.23. The summed E-state index contributed by atoms with van der Waals surface area (Å²) >= 11 is 2.07. The molecule has 0 saturated carbocycles. The molecule has 0 spiro atoms. The van der Waals surface area contributed by atoms with Crippen LogP contribution in [-0.2, 0) is 0 Å². The lowest BCUT2D eigenvalue weighted by atomic mass is 10.1. The third-order valence-corrected chi connectivity index (χ3v) is 2.84. The SMILES string of the molecule is O[n+]1cc(-c2ccccc2)ccc1I. The lowest BCUT2D eigenvalue weighted by Crippen LogP contribution is -2.33. The Bertz CT molecular complexity index is 442. The van der Waals surface area contributed by atoms with Gasteiger partial charge in [0, 0.05) is 33.4 Å². The molecule has 0 radical (unpaired) electrons. The van der Waals surface area contributed by atoms with Crippen LogP contribution in [0.25, 0.3) is 11.1 Å². The maximum atomic E-state index is 9.47. The van der Waals surface area contributed by atoms with Gasteiger partial charge in [-0.05, 0) is 11.6 Å². The minimum absolute atomic E-state index is 0.794. The van der Waals surface area contributed by atoms with Crippen molar-refractivity contribution in [3.8, 4) is 11.1 Å². The van der Waals surface area contributed by atoms with Crippen LogP contribution in [0, 0.1) is 3.70 Å². The molecule has 1 aromatic heterocycles. The van der Waals surface area contributed by atoms with Crippen LogP contribution in [0.1, 0.15) is 0 Å². The summed E-state index contributed by atoms with van der Waals surface area (Å²) in [7, 11) is 0. The highest BCUT2D eigenvalue weighted by molar-refractivity contribution is 14.1. The molecule has 2 rings (SSSR count). The minimum Gasteiger partial charge on any atom is -0.284 e. The zero-order chi connectivity index (χ0) is 9.97. The van der Waals surface area contributed by atoms with Crippen LogP contribution in [0.5, 0.6) is 0 Å². The smallest absolute Gasteiger partial charge is 0.284 e. The van der Waals surface area contributed by atoms with Gasteiger partial charge in [0.2, 0.25) is 6.20 Å². The molecule has 0 amide bonds. The van der Waals surface area contributed by atoms with Crippen LogP contribution in [0.4, 0.5) is 0 Å². The van der Waals surface area contributed by atoms with E-state index in [1.54, 1.807) is 6.20 Å². The van der Waals surface area contributed by atoms with E-state index < -0.39 is 0 Å². The number of halogens is 1. The van der Waals surface area contributed by atoms with Crippen molar-refractivity contribution in [3.63, 3.8) is 0 Å². The van der Waals surface area contributed by atoms with Crippen molar-refractivity contribution in [3.05, 3.63) is 52.4 Å². The van der Waals surface area contributed by atoms with Crippen LogP contribution in [-0.4, -0.2) is 5.21 Å². The number of hydrogen-bond acceptors (Lipinski definition) is 1. The molecule has 3 heteroatoms. The molecule has 0 saturated heterocycles. The normalized spacial score (nSPS) is 10.1. The van der Waals surface area contributed by atoms with Gasteiger partial charge in [0.15, 0.2) is 0 Å². The predicted molar refractivity (Wildman–Crippen MR) is 62.0 cm³/mol. The fourth-order valence-corrected chi connectivity index (χ4v) is 1.59. The van der Waals surface area contributed by atoms with Gasteiger partial charge in [0.05, 0.1) is 5.56 Å². The van der Waals surface area contributed by atoms with Gasteiger partial charge >= 0.3 is 0 Å². The number of nitrogens with zero attached hydrogens (tertiary/aromatic N) is 1. The van der Waals surface area contributed by atoms with Gasteiger partial charge in [-0.3, -0.25) is 5.21 Å². The first kappa shape index (κ1) is 9.45. The first-order valence-corrected chi connectivity index (χ1v) is 5.31. The van der Waals surface area contributed by atoms with Crippen LogP contribution in [0.3, 0.4) is 0 Å². The van der Waals surface area contributed by atoms with Gasteiger partial charge in [0.25, 0.3) is 3.70 Å². The Labute approximate surface area is 95.9 Å². The van der Waals surface area contributed by atoms with Gasteiger partial charge < -0.3 is 0 Å². The minimum atomic E-state index is 0.794. The maximum absolute atomic E-state index is 9.47. The highest BCUT2D eigenvalue weighted by atomic mass is 127. The molecule has 2 nitrogen and oxygen atoms in total. The van der Waals surface area contributed by atoms with Gasteiger partial charge in [0.1, 0.15) is 0 Å². The number of benzene rings is 1. The van der Waals surface area contributed by atoms with Crippen LogP contribution < -0.4 is 4.73 Å². The molecule has 0 atom stereocenters. The Morgan fingerprint density at radius 2 is 1.64 bits per heavy atom. The van der Waals surface area contributed by atoms with E-state index in [2.05, 4.69) is 22.6 Å². The first-order chi connectivity index (χ1) is 6.77. The number of hydrogen-bond donors (Lipinski definition) is 1. The standard InChI is InChI=1S/C11H9INO/c12-11-7-6-10(8-13(11)14)9-4-2-1-3-5-9/h1-8,14H/q+1. The lowest BCUT2D eigenvalue weighted by Gasteiger charge is -1.97. The Kier molecular flexibility index (Phi) is 2.67. The molecule has 1 heterocycles. The van der Waals surface area contributed by atoms with Crippen molar-refractivity contribution in [1.29, 1.82) is 0 Å². The Morgan fingerprint density at radius 1 is 0.929 bits per heavy atom. The van der Waals surface area contributed by atoms with E-state index in [1.165, 1.54) is 0 Å². The molecule has 0 fully saturated rings. The van der Waals surface area contributed by atoms with E-state index in [0.29, 0.717) is 0 Å². The van der Waals surface area contributed by atoms with E-state index in [1.807, 2.05) is 42.5 Å². The van der Waals surface area contributed by atoms with Crippen molar-refractivity contribution in [2.45, 2.75) is 0 Å². The molecular weight excluding hydrogens is 289 g/mol. The second-order valence-corrected chi connectivity index (χ2v) is 4.06. The van der Waals surface area contributed by atoms with Crippen molar-refractivity contribution < 1.29 is 9.94 Å². The first-order valence-electron chi connectivity index (χ1n) is 4.23. The summed E-state index contributed by atoms with van der Waals surface area (Å²) in [6.07, 6.45) is 1.71. The molecule has 1 aromatic carbocycles. The van der Waals surface area contributed by atoms with E-state index in [9.17, 15) is 5.21 Å². The Balaban J connectivity index is 2.48. The van der Waals surface area contributed by atoms with Gasteiger partial charge in [-0.15, -0.1) is 0 Å². The topological polar surface area (TPSA) is 24.1 Å². The fraction of sp³-hybridized carbons (Fsp3) is 0. The van der Waals surface area contributed by atoms with Crippen LogP contribution in [0.2, 0.25) is 0 Å². The summed E-state index contributed by atoms with van der Waals surface area (Å²) in [5.74, 6) is 0. The average molecular weight is 298 g/mol. The number of pyridine rings is 1. The summed E-state index contributed by atoms with van der Waals surface area (Å²) in [5.41, 5.74) is 2.11. The summed E-state index contributed by atoms with van der Waals surface area (Å²) < 4.78 is 1.92. The molecule has 0 aliphatic carbocycles. The fourth-order valence-electron chi connectivity index (χ4n) is 1.27. The van der Waals surface area contributed by atoms with Gasteiger partial charge in [-0.25, -0.2) is 0 Å².